The second kappa shape index (κ2) is 5.95. The molecule has 2 aromatic rings. The number of carboxylic acid groups (broad SMARTS) is 1. The first-order valence-electron chi connectivity index (χ1n) is 8.41. The highest BCUT2D eigenvalue weighted by Gasteiger charge is 2.41. The van der Waals surface area contributed by atoms with Crippen LogP contribution in [0.15, 0.2) is 42.5 Å². The van der Waals surface area contributed by atoms with Gasteiger partial charge in [0.15, 0.2) is 0 Å². The lowest BCUT2D eigenvalue weighted by molar-refractivity contribution is -0.136. The van der Waals surface area contributed by atoms with Gasteiger partial charge in [-0.15, -0.1) is 0 Å². The van der Waals surface area contributed by atoms with Crippen molar-refractivity contribution in [3.8, 4) is 0 Å². The fourth-order valence-corrected chi connectivity index (χ4v) is 4.00. The molecule has 2 aliphatic rings. The van der Waals surface area contributed by atoms with Crippen LogP contribution in [0, 0.1) is 12.8 Å². The molecule has 2 aliphatic heterocycles. The van der Waals surface area contributed by atoms with E-state index >= 15 is 0 Å². The van der Waals surface area contributed by atoms with Crippen molar-refractivity contribution in [3.63, 3.8) is 0 Å². The number of benzene rings is 2. The normalized spacial score (nSPS) is 24.8. The summed E-state index contributed by atoms with van der Waals surface area (Å²) in [5.74, 6) is -0.431. The van der Waals surface area contributed by atoms with Crippen LogP contribution in [-0.4, -0.2) is 17.7 Å². The standard InChI is InChI=1S/C20H21NO3/c1-12-3-2-4-14(9-12)19-15-7-8-24-20(15)16-10-13(11-18(22)23)5-6-17(16)21-19/h2-6,9-10,15,19-21H,7-8,11H2,1H3,(H,22,23)/t15-,19+,20-/m1/s1. The van der Waals surface area contributed by atoms with Crippen LogP contribution in [-0.2, 0) is 16.0 Å². The molecule has 124 valence electrons. The van der Waals surface area contributed by atoms with Crippen molar-refractivity contribution in [2.75, 3.05) is 11.9 Å². The number of anilines is 1. The molecule has 24 heavy (non-hydrogen) atoms. The molecule has 2 heterocycles. The lowest BCUT2D eigenvalue weighted by Crippen LogP contribution is -2.29. The largest absolute Gasteiger partial charge is 0.481 e. The van der Waals surface area contributed by atoms with E-state index in [0.29, 0.717) is 5.92 Å². The minimum Gasteiger partial charge on any atom is -0.481 e. The molecule has 0 unspecified atom stereocenters. The van der Waals surface area contributed by atoms with Crippen LogP contribution in [0.2, 0.25) is 0 Å². The summed E-state index contributed by atoms with van der Waals surface area (Å²) in [6, 6.07) is 14.7. The van der Waals surface area contributed by atoms with E-state index in [0.717, 1.165) is 29.8 Å². The molecule has 0 radical (unpaired) electrons. The Labute approximate surface area is 141 Å². The first-order valence-corrected chi connectivity index (χ1v) is 8.41. The zero-order valence-electron chi connectivity index (χ0n) is 13.7. The Bertz CT molecular complexity index is 786. The summed E-state index contributed by atoms with van der Waals surface area (Å²) in [5.41, 5.74) is 5.52. The van der Waals surface area contributed by atoms with E-state index in [9.17, 15) is 4.79 Å². The molecule has 4 rings (SSSR count). The van der Waals surface area contributed by atoms with Crippen molar-refractivity contribution in [2.45, 2.75) is 31.9 Å². The average molecular weight is 323 g/mol. The Kier molecular flexibility index (Phi) is 3.77. The van der Waals surface area contributed by atoms with Gasteiger partial charge in [0.25, 0.3) is 0 Å². The monoisotopic (exact) mass is 323 g/mol. The lowest BCUT2D eigenvalue weighted by Gasteiger charge is -2.37. The van der Waals surface area contributed by atoms with Gasteiger partial charge < -0.3 is 15.2 Å². The van der Waals surface area contributed by atoms with Crippen LogP contribution in [0.4, 0.5) is 5.69 Å². The summed E-state index contributed by atoms with van der Waals surface area (Å²) in [6.45, 7) is 2.86. The van der Waals surface area contributed by atoms with Crippen molar-refractivity contribution >= 4 is 11.7 Å². The second-order valence-electron chi connectivity index (χ2n) is 6.77. The van der Waals surface area contributed by atoms with E-state index in [2.05, 4.69) is 36.5 Å². The summed E-state index contributed by atoms with van der Waals surface area (Å²) in [7, 11) is 0. The predicted molar refractivity (Wildman–Crippen MR) is 92.1 cm³/mol. The van der Waals surface area contributed by atoms with Crippen LogP contribution < -0.4 is 5.32 Å². The molecule has 0 spiro atoms. The third-order valence-corrected chi connectivity index (χ3v) is 5.06. The fraction of sp³-hybridized carbons (Fsp3) is 0.350. The molecule has 2 N–H and O–H groups in total. The van der Waals surface area contributed by atoms with Gasteiger partial charge in [0, 0.05) is 23.8 Å². The highest BCUT2D eigenvalue weighted by Crippen LogP contribution is 2.50. The molecule has 3 atom stereocenters. The summed E-state index contributed by atoms with van der Waals surface area (Å²) < 4.78 is 6.04. The molecule has 0 saturated carbocycles. The first kappa shape index (κ1) is 15.2. The van der Waals surface area contributed by atoms with Crippen molar-refractivity contribution in [1.29, 1.82) is 0 Å². The molecule has 0 aliphatic carbocycles. The van der Waals surface area contributed by atoms with E-state index in [1.54, 1.807) is 0 Å². The van der Waals surface area contributed by atoms with Gasteiger partial charge in [0.2, 0.25) is 0 Å². The minimum atomic E-state index is -0.805. The lowest BCUT2D eigenvalue weighted by atomic mass is 9.80. The van der Waals surface area contributed by atoms with Gasteiger partial charge in [0.1, 0.15) is 0 Å². The number of aliphatic carboxylic acids is 1. The molecule has 1 fully saturated rings. The van der Waals surface area contributed by atoms with Gasteiger partial charge in [-0.05, 0) is 30.5 Å². The predicted octanol–water partition coefficient (Wildman–Crippen LogP) is 3.87. The molecule has 4 nitrogen and oxygen atoms in total. The first-order chi connectivity index (χ1) is 11.6. The Hall–Kier alpha value is -2.33. The number of carboxylic acids is 1. The Balaban J connectivity index is 1.72. The molecule has 0 amide bonds. The number of aryl methyl sites for hydroxylation is 1. The Morgan fingerprint density at radius 3 is 2.96 bits per heavy atom. The molecule has 0 bridgehead atoms. The zero-order chi connectivity index (χ0) is 16.7. The summed E-state index contributed by atoms with van der Waals surface area (Å²) >= 11 is 0. The van der Waals surface area contributed by atoms with Crippen LogP contribution in [0.3, 0.4) is 0 Å². The van der Waals surface area contributed by atoms with Gasteiger partial charge in [-0.25, -0.2) is 0 Å². The van der Waals surface area contributed by atoms with E-state index in [1.165, 1.54) is 11.1 Å². The topological polar surface area (TPSA) is 58.6 Å². The maximum Gasteiger partial charge on any atom is 0.307 e. The van der Waals surface area contributed by atoms with E-state index < -0.39 is 5.97 Å². The average Bonchev–Trinajstić information content (AvgIpc) is 3.03. The maximum atomic E-state index is 11.0. The molecule has 1 saturated heterocycles. The highest BCUT2D eigenvalue weighted by atomic mass is 16.5. The number of fused-ring (bicyclic) bond motifs is 3. The number of carbonyl (C=O) groups is 1. The second-order valence-corrected chi connectivity index (χ2v) is 6.77. The van der Waals surface area contributed by atoms with Gasteiger partial charge in [0.05, 0.1) is 18.6 Å². The quantitative estimate of drug-likeness (QED) is 0.900. The zero-order valence-corrected chi connectivity index (χ0v) is 13.7. The number of ether oxygens (including phenoxy) is 1. The molecule has 0 aromatic heterocycles. The summed E-state index contributed by atoms with van der Waals surface area (Å²) in [4.78, 5) is 11.0. The Morgan fingerprint density at radius 2 is 2.17 bits per heavy atom. The number of nitrogens with one attached hydrogen (secondary N) is 1. The van der Waals surface area contributed by atoms with E-state index in [-0.39, 0.29) is 18.6 Å². The third kappa shape index (κ3) is 2.67. The van der Waals surface area contributed by atoms with Crippen LogP contribution in [0.5, 0.6) is 0 Å². The fourth-order valence-electron chi connectivity index (χ4n) is 4.00. The Morgan fingerprint density at radius 1 is 1.29 bits per heavy atom. The van der Waals surface area contributed by atoms with Gasteiger partial charge in [-0.1, -0.05) is 42.0 Å². The molecular weight excluding hydrogens is 302 g/mol. The smallest absolute Gasteiger partial charge is 0.307 e. The van der Waals surface area contributed by atoms with Crippen molar-refractivity contribution in [2.24, 2.45) is 5.92 Å². The number of rotatable bonds is 3. The maximum absolute atomic E-state index is 11.0. The summed E-state index contributed by atoms with van der Waals surface area (Å²) in [5, 5.41) is 12.7. The third-order valence-electron chi connectivity index (χ3n) is 5.06. The molecular formula is C20H21NO3. The van der Waals surface area contributed by atoms with E-state index in [1.807, 2.05) is 18.2 Å². The van der Waals surface area contributed by atoms with Gasteiger partial charge in [-0.2, -0.15) is 0 Å². The van der Waals surface area contributed by atoms with Crippen molar-refractivity contribution in [1.82, 2.24) is 0 Å². The number of hydrogen-bond acceptors (Lipinski definition) is 3. The molecule has 4 heteroatoms. The summed E-state index contributed by atoms with van der Waals surface area (Å²) in [6.07, 6.45) is 1.10. The van der Waals surface area contributed by atoms with Gasteiger partial charge in [-0.3, -0.25) is 4.79 Å². The highest BCUT2D eigenvalue weighted by molar-refractivity contribution is 5.71. The SMILES string of the molecule is Cc1cccc([C@@H]2Nc3ccc(CC(=O)O)cc3[C@@H]3OCC[C@H]23)c1. The van der Waals surface area contributed by atoms with Crippen LogP contribution in [0.25, 0.3) is 0 Å². The van der Waals surface area contributed by atoms with Crippen molar-refractivity contribution in [3.05, 3.63) is 64.7 Å². The van der Waals surface area contributed by atoms with Crippen molar-refractivity contribution < 1.29 is 14.6 Å². The van der Waals surface area contributed by atoms with Crippen LogP contribution >= 0.6 is 0 Å². The molecule has 2 aromatic carbocycles. The minimum absolute atomic E-state index is 0.0421. The van der Waals surface area contributed by atoms with E-state index in [4.69, 9.17) is 9.84 Å². The number of hydrogen-bond donors (Lipinski definition) is 2. The van der Waals surface area contributed by atoms with Crippen LogP contribution in [0.1, 0.15) is 40.8 Å². The van der Waals surface area contributed by atoms with Gasteiger partial charge >= 0.3 is 5.97 Å².